The molecule has 4 rings (SSSR count). The minimum atomic E-state index is -0.990. The maximum absolute atomic E-state index is 14.2. The van der Waals surface area contributed by atoms with Gasteiger partial charge in [0.2, 0.25) is 0 Å². The Morgan fingerprint density at radius 3 is 1.74 bits per heavy atom. The smallest absolute Gasteiger partial charge is 0.305 e. The standard InChI is InChI=1S/C38H42N2O6/c1-4-5-21-40(27-28-13-7-6-8-14-28)38(44)35-18-12-10-16-33(35)32-15-9-11-17-34(32)37(43)39(23-20-36(41)42)22-19-29-24-30(45-2)26-31(25-29)46-3/h6-18,24-26H,4-5,19-23,27H2,1-3H3,(H,41,42). The first-order valence-electron chi connectivity index (χ1n) is 15.6. The van der Waals surface area contributed by atoms with E-state index >= 15 is 0 Å². The second kappa shape index (κ2) is 16.8. The summed E-state index contributed by atoms with van der Waals surface area (Å²) in [6.07, 6.45) is 2.08. The lowest BCUT2D eigenvalue weighted by Crippen LogP contribution is -2.35. The zero-order chi connectivity index (χ0) is 32.9. The summed E-state index contributed by atoms with van der Waals surface area (Å²) < 4.78 is 10.8. The Morgan fingerprint density at radius 1 is 0.652 bits per heavy atom. The van der Waals surface area contributed by atoms with Gasteiger partial charge in [-0.25, -0.2) is 0 Å². The van der Waals surface area contributed by atoms with Crippen LogP contribution in [0.25, 0.3) is 11.1 Å². The summed E-state index contributed by atoms with van der Waals surface area (Å²) in [5.74, 6) is -0.143. The number of nitrogens with zero attached hydrogens (tertiary/aromatic N) is 2. The van der Waals surface area contributed by atoms with Gasteiger partial charge in [-0.2, -0.15) is 0 Å². The molecule has 240 valence electrons. The Labute approximate surface area is 271 Å². The average molecular weight is 623 g/mol. The molecule has 4 aromatic rings. The molecular formula is C38H42N2O6. The van der Waals surface area contributed by atoms with Crippen LogP contribution in [0, 0.1) is 0 Å². The summed E-state index contributed by atoms with van der Waals surface area (Å²) in [5, 5.41) is 9.47. The molecule has 0 aliphatic rings. The monoisotopic (exact) mass is 622 g/mol. The fraction of sp³-hybridized carbons (Fsp3) is 0.289. The van der Waals surface area contributed by atoms with Crippen LogP contribution in [-0.4, -0.2) is 66.5 Å². The van der Waals surface area contributed by atoms with Crippen molar-refractivity contribution in [3.8, 4) is 22.6 Å². The van der Waals surface area contributed by atoms with Crippen molar-refractivity contribution >= 4 is 17.8 Å². The molecule has 0 saturated carbocycles. The number of carbonyl (C=O) groups is 3. The van der Waals surface area contributed by atoms with Crippen molar-refractivity contribution in [1.82, 2.24) is 9.80 Å². The lowest BCUT2D eigenvalue weighted by molar-refractivity contribution is -0.137. The van der Waals surface area contributed by atoms with E-state index in [0.717, 1.165) is 24.0 Å². The largest absolute Gasteiger partial charge is 0.497 e. The van der Waals surface area contributed by atoms with Crippen molar-refractivity contribution in [1.29, 1.82) is 0 Å². The Morgan fingerprint density at radius 2 is 1.20 bits per heavy atom. The number of carboxylic acid groups (broad SMARTS) is 1. The van der Waals surface area contributed by atoms with E-state index < -0.39 is 5.97 Å². The zero-order valence-electron chi connectivity index (χ0n) is 26.8. The molecule has 46 heavy (non-hydrogen) atoms. The molecule has 0 aliphatic heterocycles. The number of methoxy groups -OCH3 is 2. The van der Waals surface area contributed by atoms with Crippen LogP contribution in [-0.2, 0) is 17.8 Å². The molecule has 0 unspecified atom stereocenters. The van der Waals surface area contributed by atoms with Gasteiger partial charge in [-0.1, -0.05) is 80.1 Å². The second-order valence-corrected chi connectivity index (χ2v) is 11.1. The van der Waals surface area contributed by atoms with Crippen molar-refractivity contribution in [2.45, 2.75) is 39.2 Å². The van der Waals surface area contributed by atoms with Crippen molar-refractivity contribution in [3.05, 3.63) is 119 Å². The SMILES string of the molecule is CCCCN(Cc1ccccc1)C(=O)c1ccccc1-c1ccccc1C(=O)N(CCC(=O)O)CCc1cc(OC)cc(OC)c1. The molecule has 0 fully saturated rings. The van der Waals surface area contributed by atoms with Crippen LogP contribution in [0.15, 0.2) is 97.1 Å². The third-order valence-corrected chi connectivity index (χ3v) is 7.85. The minimum absolute atomic E-state index is 0.0338. The van der Waals surface area contributed by atoms with E-state index in [1.54, 1.807) is 43.4 Å². The van der Waals surface area contributed by atoms with E-state index in [1.807, 2.05) is 77.7 Å². The molecule has 8 heteroatoms. The molecule has 0 atom stereocenters. The molecule has 0 aromatic heterocycles. The van der Waals surface area contributed by atoms with Gasteiger partial charge in [0.1, 0.15) is 11.5 Å². The fourth-order valence-corrected chi connectivity index (χ4v) is 5.38. The molecule has 0 aliphatic carbocycles. The summed E-state index contributed by atoms with van der Waals surface area (Å²) >= 11 is 0. The highest BCUT2D eigenvalue weighted by atomic mass is 16.5. The van der Waals surface area contributed by atoms with Crippen molar-refractivity contribution in [2.75, 3.05) is 33.9 Å². The van der Waals surface area contributed by atoms with Crippen LogP contribution < -0.4 is 9.47 Å². The number of ether oxygens (including phenoxy) is 2. The quantitative estimate of drug-likeness (QED) is 0.145. The molecule has 0 radical (unpaired) electrons. The van der Waals surface area contributed by atoms with Crippen molar-refractivity contribution in [2.24, 2.45) is 0 Å². The average Bonchev–Trinajstić information content (AvgIpc) is 3.09. The van der Waals surface area contributed by atoms with Gasteiger partial charge < -0.3 is 24.4 Å². The normalized spacial score (nSPS) is 10.7. The first-order valence-corrected chi connectivity index (χ1v) is 15.6. The van der Waals surface area contributed by atoms with E-state index in [2.05, 4.69) is 6.92 Å². The van der Waals surface area contributed by atoms with Gasteiger partial charge in [0.25, 0.3) is 11.8 Å². The number of carbonyl (C=O) groups excluding carboxylic acids is 2. The number of rotatable bonds is 16. The number of carboxylic acids is 1. The summed E-state index contributed by atoms with van der Waals surface area (Å²) in [4.78, 5) is 43.4. The molecule has 0 heterocycles. The number of hydrogen-bond acceptors (Lipinski definition) is 5. The van der Waals surface area contributed by atoms with Crippen LogP contribution in [0.3, 0.4) is 0 Å². The van der Waals surface area contributed by atoms with E-state index in [4.69, 9.17) is 9.47 Å². The van der Waals surface area contributed by atoms with Crippen LogP contribution in [0.1, 0.15) is 58.0 Å². The highest BCUT2D eigenvalue weighted by molar-refractivity contribution is 6.06. The number of benzene rings is 4. The van der Waals surface area contributed by atoms with E-state index in [0.29, 0.717) is 53.3 Å². The maximum Gasteiger partial charge on any atom is 0.305 e. The predicted octanol–water partition coefficient (Wildman–Crippen LogP) is 6.97. The van der Waals surface area contributed by atoms with E-state index in [9.17, 15) is 19.5 Å². The van der Waals surface area contributed by atoms with Crippen LogP contribution >= 0.6 is 0 Å². The Bertz CT molecular complexity index is 1600. The third-order valence-electron chi connectivity index (χ3n) is 7.85. The summed E-state index contributed by atoms with van der Waals surface area (Å²) in [6, 6.07) is 30.0. The summed E-state index contributed by atoms with van der Waals surface area (Å²) in [7, 11) is 3.15. The molecule has 0 saturated heterocycles. The Balaban J connectivity index is 1.67. The summed E-state index contributed by atoms with van der Waals surface area (Å²) in [6.45, 7) is 3.50. The number of unbranched alkanes of at least 4 members (excludes halogenated alkanes) is 1. The molecule has 8 nitrogen and oxygen atoms in total. The lowest BCUT2D eigenvalue weighted by atomic mass is 9.93. The lowest BCUT2D eigenvalue weighted by Gasteiger charge is -2.26. The number of hydrogen-bond donors (Lipinski definition) is 1. The Kier molecular flexibility index (Phi) is 12.4. The van der Waals surface area contributed by atoms with Crippen molar-refractivity contribution in [3.63, 3.8) is 0 Å². The maximum atomic E-state index is 14.2. The van der Waals surface area contributed by atoms with Gasteiger partial charge in [0, 0.05) is 43.4 Å². The first kappa shape index (κ1) is 33.8. The second-order valence-electron chi connectivity index (χ2n) is 11.1. The van der Waals surface area contributed by atoms with Crippen LogP contribution in [0.4, 0.5) is 0 Å². The molecular weight excluding hydrogens is 580 g/mol. The van der Waals surface area contributed by atoms with Gasteiger partial charge in [-0.05, 0) is 59.4 Å². The van der Waals surface area contributed by atoms with Gasteiger partial charge in [-0.15, -0.1) is 0 Å². The number of amides is 2. The minimum Gasteiger partial charge on any atom is -0.497 e. The summed E-state index contributed by atoms with van der Waals surface area (Å²) in [5.41, 5.74) is 4.12. The first-order chi connectivity index (χ1) is 22.3. The van der Waals surface area contributed by atoms with Gasteiger partial charge in [-0.3, -0.25) is 14.4 Å². The Hall–Kier alpha value is -5.11. The molecule has 0 spiro atoms. The molecule has 4 aromatic carbocycles. The predicted molar refractivity (Wildman–Crippen MR) is 179 cm³/mol. The van der Waals surface area contributed by atoms with Gasteiger partial charge in [0.05, 0.1) is 20.6 Å². The molecule has 0 bridgehead atoms. The van der Waals surface area contributed by atoms with Crippen LogP contribution in [0.5, 0.6) is 11.5 Å². The third kappa shape index (κ3) is 8.97. The number of aliphatic carboxylic acids is 1. The fourth-order valence-electron chi connectivity index (χ4n) is 5.38. The zero-order valence-corrected chi connectivity index (χ0v) is 26.8. The topological polar surface area (TPSA) is 96.4 Å². The highest BCUT2D eigenvalue weighted by Crippen LogP contribution is 2.30. The molecule has 2 amide bonds. The van der Waals surface area contributed by atoms with Crippen LogP contribution in [0.2, 0.25) is 0 Å². The van der Waals surface area contributed by atoms with E-state index in [1.165, 1.54) is 0 Å². The van der Waals surface area contributed by atoms with Crippen molar-refractivity contribution < 1.29 is 29.0 Å². The van der Waals surface area contributed by atoms with E-state index in [-0.39, 0.29) is 31.3 Å². The van der Waals surface area contributed by atoms with Gasteiger partial charge >= 0.3 is 5.97 Å². The van der Waals surface area contributed by atoms with Gasteiger partial charge in [0.15, 0.2) is 0 Å². The highest BCUT2D eigenvalue weighted by Gasteiger charge is 2.24. The molecule has 1 N–H and O–H groups in total.